The van der Waals surface area contributed by atoms with Crippen molar-refractivity contribution in [3.63, 3.8) is 0 Å². The van der Waals surface area contributed by atoms with Crippen LogP contribution in [0.4, 0.5) is 4.39 Å². The number of halogens is 1. The van der Waals surface area contributed by atoms with E-state index >= 15 is 0 Å². The second-order valence-electron chi connectivity index (χ2n) is 3.37. The minimum absolute atomic E-state index is 0.278. The molecule has 80 valence electrons. The van der Waals surface area contributed by atoms with Gasteiger partial charge in [0, 0.05) is 19.4 Å². The highest BCUT2D eigenvalue weighted by Crippen LogP contribution is 2.14. The molecule has 3 nitrogen and oxygen atoms in total. The molecule has 1 heterocycles. The molecule has 1 aromatic heterocycles. The zero-order valence-electron chi connectivity index (χ0n) is 8.51. The minimum atomic E-state index is -0.445. The summed E-state index contributed by atoms with van der Waals surface area (Å²) in [6.07, 6.45) is 3.51. The number of nitrogens with zero attached hydrogens (tertiary/aromatic N) is 3. The minimum Gasteiger partial charge on any atom is -0.327 e. The van der Waals surface area contributed by atoms with Gasteiger partial charge < -0.3 is 4.57 Å². The molecule has 16 heavy (non-hydrogen) atoms. The molecule has 5 heteroatoms. The largest absolute Gasteiger partial charge is 0.327 e. The number of hydrogen-bond donors (Lipinski definition) is 0. The van der Waals surface area contributed by atoms with E-state index in [0.29, 0.717) is 10.5 Å². The van der Waals surface area contributed by atoms with E-state index in [1.54, 1.807) is 27.6 Å². The van der Waals surface area contributed by atoms with Crippen LogP contribution < -0.4 is 0 Å². The maximum atomic E-state index is 13.2. The van der Waals surface area contributed by atoms with Crippen LogP contribution in [0.3, 0.4) is 0 Å². The fourth-order valence-corrected chi connectivity index (χ4v) is 1.67. The average molecular weight is 233 g/mol. The Bertz CT molecular complexity index is 633. The number of imidazole rings is 1. The summed E-state index contributed by atoms with van der Waals surface area (Å²) < 4.78 is 17.2. The van der Waals surface area contributed by atoms with Crippen LogP contribution in [0, 0.1) is 21.9 Å². The summed E-state index contributed by atoms with van der Waals surface area (Å²) >= 11 is 5.15. The predicted octanol–water partition coefficient (Wildman–Crippen LogP) is 2.56. The third kappa shape index (κ3) is 1.75. The van der Waals surface area contributed by atoms with Gasteiger partial charge in [-0.15, -0.1) is 0 Å². The molecule has 0 bridgehead atoms. The summed E-state index contributed by atoms with van der Waals surface area (Å²) in [7, 11) is 1.81. The van der Waals surface area contributed by atoms with Gasteiger partial charge in [0.1, 0.15) is 5.82 Å². The average Bonchev–Trinajstić information content (AvgIpc) is 2.59. The SMILES string of the molecule is Cn1ccn(-c2cc(F)cc(C#N)c2)c1=S. The van der Waals surface area contributed by atoms with E-state index < -0.39 is 5.82 Å². The molecule has 0 N–H and O–H groups in total. The molecule has 2 rings (SSSR count). The van der Waals surface area contributed by atoms with Gasteiger partial charge in [0.05, 0.1) is 17.3 Å². The normalized spacial score (nSPS) is 10.1. The van der Waals surface area contributed by atoms with Crippen molar-refractivity contribution in [2.24, 2.45) is 7.05 Å². The molecular weight excluding hydrogens is 225 g/mol. The Morgan fingerprint density at radius 3 is 2.62 bits per heavy atom. The first kappa shape index (κ1) is 10.6. The van der Waals surface area contributed by atoms with E-state index in [2.05, 4.69) is 0 Å². The van der Waals surface area contributed by atoms with Crippen molar-refractivity contribution in [3.8, 4) is 11.8 Å². The van der Waals surface area contributed by atoms with Crippen molar-refractivity contribution in [1.29, 1.82) is 5.26 Å². The van der Waals surface area contributed by atoms with Crippen molar-refractivity contribution in [1.82, 2.24) is 9.13 Å². The van der Waals surface area contributed by atoms with Crippen LogP contribution >= 0.6 is 12.2 Å². The molecule has 0 unspecified atom stereocenters. The monoisotopic (exact) mass is 233 g/mol. The molecule has 0 aliphatic heterocycles. The first-order chi connectivity index (χ1) is 7.61. The van der Waals surface area contributed by atoms with E-state index in [1.807, 2.05) is 13.1 Å². The van der Waals surface area contributed by atoms with Gasteiger partial charge in [-0.25, -0.2) is 4.39 Å². The highest BCUT2D eigenvalue weighted by molar-refractivity contribution is 7.71. The van der Waals surface area contributed by atoms with E-state index in [9.17, 15) is 4.39 Å². The zero-order valence-corrected chi connectivity index (χ0v) is 9.33. The van der Waals surface area contributed by atoms with Crippen molar-refractivity contribution >= 4 is 12.2 Å². The number of aromatic nitrogens is 2. The molecule has 0 spiro atoms. The van der Waals surface area contributed by atoms with Crippen LogP contribution in [-0.2, 0) is 7.05 Å². The van der Waals surface area contributed by atoms with Gasteiger partial charge in [-0.3, -0.25) is 4.57 Å². The number of hydrogen-bond acceptors (Lipinski definition) is 2. The highest BCUT2D eigenvalue weighted by atomic mass is 32.1. The first-order valence-corrected chi connectivity index (χ1v) is 4.97. The molecule has 0 atom stereocenters. The molecule has 0 saturated heterocycles. The lowest BCUT2D eigenvalue weighted by Crippen LogP contribution is -1.96. The summed E-state index contributed by atoms with van der Waals surface area (Å²) in [5.74, 6) is -0.445. The quantitative estimate of drug-likeness (QED) is 0.709. The van der Waals surface area contributed by atoms with E-state index in [0.717, 1.165) is 0 Å². The van der Waals surface area contributed by atoms with Gasteiger partial charge in [0.15, 0.2) is 4.77 Å². The number of aryl methyl sites for hydroxylation is 1. The molecule has 0 fully saturated rings. The fourth-order valence-electron chi connectivity index (χ4n) is 1.44. The molecule has 0 aliphatic rings. The summed E-state index contributed by atoms with van der Waals surface area (Å²) in [6.45, 7) is 0. The lowest BCUT2D eigenvalue weighted by molar-refractivity contribution is 0.626. The maximum absolute atomic E-state index is 13.2. The molecule has 0 radical (unpaired) electrons. The second kappa shape index (κ2) is 3.91. The van der Waals surface area contributed by atoms with Crippen LogP contribution in [-0.4, -0.2) is 9.13 Å². The van der Waals surface area contributed by atoms with E-state index in [-0.39, 0.29) is 5.56 Å². The van der Waals surface area contributed by atoms with Crippen LogP contribution in [0.15, 0.2) is 30.6 Å². The van der Waals surface area contributed by atoms with Crippen molar-refractivity contribution in [3.05, 3.63) is 46.7 Å². The Morgan fingerprint density at radius 1 is 1.31 bits per heavy atom. The molecular formula is C11H8FN3S. The van der Waals surface area contributed by atoms with Crippen LogP contribution in [0.5, 0.6) is 0 Å². The smallest absolute Gasteiger partial charge is 0.184 e. The molecule has 0 amide bonds. The number of benzene rings is 1. The Balaban J connectivity index is 2.66. The third-order valence-electron chi connectivity index (χ3n) is 2.24. The third-order valence-corrected chi connectivity index (χ3v) is 2.72. The number of rotatable bonds is 1. The van der Waals surface area contributed by atoms with Crippen LogP contribution in [0.25, 0.3) is 5.69 Å². The van der Waals surface area contributed by atoms with Crippen molar-refractivity contribution in [2.45, 2.75) is 0 Å². The summed E-state index contributed by atoms with van der Waals surface area (Å²) in [5, 5.41) is 8.75. The van der Waals surface area contributed by atoms with Crippen molar-refractivity contribution < 1.29 is 4.39 Å². The summed E-state index contributed by atoms with van der Waals surface area (Å²) in [5.41, 5.74) is 0.836. The van der Waals surface area contributed by atoms with Gasteiger partial charge >= 0.3 is 0 Å². The fraction of sp³-hybridized carbons (Fsp3) is 0.0909. The van der Waals surface area contributed by atoms with Crippen LogP contribution in [0.2, 0.25) is 0 Å². The van der Waals surface area contributed by atoms with Gasteiger partial charge in [0.2, 0.25) is 0 Å². The second-order valence-corrected chi connectivity index (χ2v) is 3.74. The molecule has 1 aromatic carbocycles. The Kier molecular flexibility index (Phi) is 2.59. The Labute approximate surface area is 97.0 Å². The standard InChI is InChI=1S/C11H8FN3S/c1-14-2-3-15(11(14)16)10-5-8(7-13)4-9(12)6-10/h2-6H,1H3. The lowest BCUT2D eigenvalue weighted by atomic mass is 10.2. The van der Waals surface area contributed by atoms with Gasteiger partial charge in [-0.1, -0.05) is 0 Å². The maximum Gasteiger partial charge on any atom is 0.184 e. The summed E-state index contributed by atoms with van der Waals surface area (Å²) in [4.78, 5) is 0. The zero-order chi connectivity index (χ0) is 11.7. The van der Waals surface area contributed by atoms with Gasteiger partial charge in [-0.05, 0) is 30.4 Å². The Hall–Kier alpha value is -1.93. The highest BCUT2D eigenvalue weighted by Gasteiger charge is 2.04. The summed E-state index contributed by atoms with van der Waals surface area (Å²) in [6, 6.07) is 6.04. The van der Waals surface area contributed by atoms with Gasteiger partial charge in [0.25, 0.3) is 0 Å². The topological polar surface area (TPSA) is 33.6 Å². The predicted molar refractivity (Wildman–Crippen MR) is 60.2 cm³/mol. The molecule has 2 aromatic rings. The number of nitriles is 1. The Morgan fingerprint density at radius 2 is 2.06 bits per heavy atom. The first-order valence-electron chi connectivity index (χ1n) is 4.57. The molecule has 0 saturated carbocycles. The molecule has 0 aliphatic carbocycles. The van der Waals surface area contributed by atoms with E-state index in [1.165, 1.54) is 12.1 Å². The van der Waals surface area contributed by atoms with E-state index in [4.69, 9.17) is 17.5 Å². The van der Waals surface area contributed by atoms with Crippen molar-refractivity contribution in [2.75, 3.05) is 0 Å². The lowest BCUT2D eigenvalue weighted by Gasteiger charge is -2.03. The van der Waals surface area contributed by atoms with Crippen LogP contribution in [0.1, 0.15) is 5.56 Å². The van der Waals surface area contributed by atoms with Gasteiger partial charge in [-0.2, -0.15) is 5.26 Å².